The number of ether oxygens (including phenoxy) is 2. The van der Waals surface area contributed by atoms with E-state index in [0.717, 1.165) is 56.2 Å². The van der Waals surface area contributed by atoms with Gasteiger partial charge in [0.25, 0.3) is 0 Å². The monoisotopic (exact) mass is 474 g/mol. The first-order valence-corrected chi connectivity index (χ1v) is 9.51. The summed E-state index contributed by atoms with van der Waals surface area (Å²) in [4.78, 5) is 8.70. The molecule has 1 saturated heterocycles. The number of hydrogen-bond acceptors (Lipinski definition) is 4. The Hall–Kier alpha value is -1.09. The molecule has 26 heavy (non-hydrogen) atoms. The average Bonchev–Trinajstić information content (AvgIpc) is 3.18. The summed E-state index contributed by atoms with van der Waals surface area (Å²) in [6.07, 6.45) is 11.0. The third kappa shape index (κ3) is 6.90. The van der Waals surface area contributed by atoms with Gasteiger partial charge in [0.15, 0.2) is 5.96 Å². The van der Waals surface area contributed by atoms with Gasteiger partial charge in [-0.3, -0.25) is 4.99 Å². The Labute approximate surface area is 173 Å². The molecule has 1 aliphatic heterocycles. The molecule has 2 aliphatic rings. The van der Waals surface area contributed by atoms with Crippen LogP contribution in [0.5, 0.6) is 5.88 Å². The number of aliphatic imine (C=N–C) groups is 1. The highest BCUT2D eigenvalue weighted by molar-refractivity contribution is 14.0. The molecule has 6 nitrogen and oxygen atoms in total. The van der Waals surface area contributed by atoms with Crippen LogP contribution in [0.15, 0.2) is 23.3 Å². The lowest BCUT2D eigenvalue weighted by atomic mass is 9.98. The maximum Gasteiger partial charge on any atom is 0.213 e. The zero-order valence-corrected chi connectivity index (χ0v) is 17.9. The van der Waals surface area contributed by atoms with E-state index in [-0.39, 0.29) is 24.0 Å². The molecular weight excluding hydrogens is 443 g/mol. The average molecular weight is 474 g/mol. The standard InChI is InChI=1S/C19H30N4O2.HI/c1-20-19(23-14-17-8-5-11-24-17)22-13-15-9-10-18(21-12-15)25-16-6-3-2-4-7-16;/h9-10,12,16-17H,2-8,11,13-14H2,1H3,(H2,20,22,23);1H. The van der Waals surface area contributed by atoms with Gasteiger partial charge in [-0.15, -0.1) is 24.0 Å². The van der Waals surface area contributed by atoms with Gasteiger partial charge >= 0.3 is 0 Å². The summed E-state index contributed by atoms with van der Waals surface area (Å²) in [5.41, 5.74) is 1.11. The van der Waals surface area contributed by atoms with Crippen LogP contribution in [0.1, 0.15) is 50.5 Å². The minimum absolute atomic E-state index is 0. The van der Waals surface area contributed by atoms with Gasteiger partial charge in [0.05, 0.1) is 6.10 Å². The van der Waals surface area contributed by atoms with Crippen LogP contribution in [-0.4, -0.2) is 43.4 Å². The molecule has 1 atom stereocenters. The van der Waals surface area contributed by atoms with Crippen molar-refractivity contribution in [3.8, 4) is 5.88 Å². The second kappa shape index (κ2) is 11.6. The largest absolute Gasteiger partial charge is 0.474 e. The minimum atomic E-state index is 0. The quantitative estimate of drug-likeness (QED) is 0.377. The van der Waals surface area contributed by atoms with E-state index >= 15 is 0 Å². The van der Waals surface area contributed by atoms with Crippen molar-refractivity contribution >= 4 is 29.9 Å². The molecule has 1 aromatic rings. The van der Waals surface area contributed by atoms with Crippen molar-refractivity contribution in [3.63, 3.8) is 0 Å². The maximum absolute atomic E-state index is 5.97. The fourth-order valence-electron chi connectivity index (χ4n) is 3.36. The number of halogens is 1. The molecule has 1 aliphatic carbocycles. The predicted octanol–water partition coefficient (Wildman–Crippen LogP) is 3.26. The van der Waals surface area contributed by atoms with Crippen molar-refractivity contribution < 1.29 is 9.47 Å². The molecule has 0 aromatic carbocycles. The molecule has 3 rings (SSSR count). The molecule has 0 amide bonds. The van der Waals surface area contributed by atoms with E-state index in [9.17, 15) is 0 Å². The van der Waals surface area contributed by atoms with Crippen LogP contribution in [0.4, 0.5) is 0 Å². The van der Waals surface area contributed by atoms with Crippen LogP contribution < -0.4 is 15.4 Å². The van der Waals surface area contributed by atoms with Crippen molar-refractivity contribution in [1.82, 2.24) is 15.6 Å². The first-order valence-electron chi connectivity index (χ1n) is 9.51. The van der Waals surface area contributed by atoms with Crippen molar-refractivity contribution in [1.29, 1.82) is 0 Å². The maximum atomic E-state index is 5.97. The second-order valence-electron chi connectivity index (χ2n) is 6.82. The highest BCUT2D eigenvalue weighted by atomic mass is 127. The molecule has 0 spiro atoms. The third-order valence-corrected chi connectivity index (χ3v) is 4.84. The summed E-state index contributed by atoms with van der Waals surface area (Å²) in [6.45, 7) is 2.35. The number of nitrogens with zero attached hydrogens (tertiary/aromatic N) is 2. The first kappa shape index (κ1) is 21.2. The fraction of sp³-hybridized carbons (Fsp3) is 0.684. The fourth-order valence-corrected chi connectivity index (χ4v) is 3.36. The van der Waals surface area contributed by atoms with Gasteiger partial charge in [0.1, 0.15) is 6.10 Å². The Morgan fingerprint density at radius 2 is 2.04 bits per heavy atom. The number of pyridine rings is 1. The van der Waals surface area contributed by atoms with Crippen molar-refractivity contribution in [2.75, 3.05) is 20.2 Å². The molecular formula is C19H31IN4O2. The van der Waals surface area contributed by atoms with Crippen molar-refractivity contribution in [3.05, 3.63) is 23.9 Å². The van der Waals surface area contributed by atoms with E-state index in [4.69, 9.17) is 9.47 Å². The summed E-state index contributed by atoms with van der Waals surface area (Å²) >= 11 is 0. The summed E-state index contributed by atoms with van der Waals surface area (Å²) in [5.74, 6) is 1.52. The van der Waals surface area contributed by atoms with Crippen LogP contribution in [0.2, 0.25) is 0 Å². The first-order chi connectivity index (χ1) is 12.3. The van der Waals surface area contributed by atoms with Crippen LogP contribution in [0.25, 0.3) is 0 Å². The third-order valence-electron chi connectivity index (χ3n) is 4.84. The molecule has 1 saturated carbocycles. The number of aromatic nitrogens is 1. The molecule has 2 fully saturated rings. The van der Waals surface area contributed by atoms with Crippen LogP contribution in [-0.2, 0) is 11.3 Å². The predicted molar refractivity (Wildman–Crippen MR) is 114 cm³/mol. The van der Waals surface area contributed by atoms with Gasteiger partial charge in [0.2, 0.25) is 5.88 Å². The van der Waals surface area contributed by atoms with Crippen LogP contribution >= 0.6 is 24.0 Å². The SMILES string of the molecule is CN=C(NCc1ccc(OC2CCCCC2)nc1)NCC1CCCO1.I. The molecule has 0 bridgehead atoms. The van der Waals surface area contributed by atoms with E-state index in [1.807, 2.05) is 12.3 Å². The van der Waals surface area contributed by atoms with Crippen LogP contribution in [0.3, 0.4) is 0 Å². The molecule has 2 heterocycles. The summed E-state index contributed by atoms with van der Waals surface area (Å²) in [7, 11) is 1.78. The van der Waals surface area contributed by atoms with Crippen molar-refractivity contribution in [2.24, 2.45) is 4.99 Å². The molecule has 0 radical (unpaired) electrons. The van der Waals surface area contributed by atoms with E-state index in [2.05, 4.69) is 26.7 Å². The highest BCUT2D eigenvalue weighted by Crippen LogP contribution is 2.22. The molecule has 1 unspecified atom stereocenters. The van der Waals surface area contributed by atoms with E-state index < -0.39 is 0 Å². The minimum Gasteiger partial charge on any atom is -0.474 e. The Kier molecular flexibility index (Phi) is 9.45. The smallest absolute Gasteiger partial charge is 0.213 e. The van der Waals surface area contributed by atoms with Crippen LogP contribution in [0, 0.1) is 0 Å². The molecule has 7 heteroatoms. The lowest BCUT2D eigenvalue weighted by Gasteiger charge is -2.22. The number of rotatable bonds is 6. The van der Waals surface area contributed by atoms with E-state index in [0.29, 0.717) is 18.8 Å². The van der Waals surface area contributed by atoms with Crippen molar-refractivity contribution in [2.45, 2.75) is 63.7 Å². The van der Waals surface area contributed by atoms with E-state index in [1.54, 1.807) is 7.05 Å². The summed E-state index contributed by atoms with van der Waals surface area (Å²) in [6, 6.07) is 4.03. The zero-order chi connectivity index (χ0) is 17.3. The van der Waals surface area contributed by atoms with Gasteiger partial charge in [0, 0.05) is 39.0 Å². The zero-order valence-electron chi connectivity index (χ0n) is 15.6. The summed E-state index contributed by atoms with van der Waals surface area (Å²) < 4.78 is 11.6. The Morgan fingerprint density at radius 1 is 1.19 bits per heavy atom. The lowest BCUT2D eigenvalue weighted by molar-refractivity contribution is 0.114. The lowest BCUT2D eigenvalue weighted by Crippen LogP contribution is -2.40. The van der Waals surface area contributed by atoms with Gasteiger partial charge in [-0.1, -0.05) is 12.5 Å². The second-order valence-corrected chi connectivity index (χ2v) is 6.82. The summed E-state index contributed by atoms with van der Waals surface area (Å²) in [5, 5.41) is 6.63. The Balaban J connectivity index is 0.00000243. The molecule has 2 N–H and O–H groups in total. The topological polar surface area (TPSA) is 67.8 Å². The number of guanidine groups is 1. The molecule has 1 aromatic heterocycles. The van der Waals surface area contributed by atoms with Gasteiger partial charge < -0.3 is 20.1 Å². The van der Waals surface area contributed by atoms with E-state index in [1.165, 1.54) is 19.3 Å². The van der Waals surface area contributed by atoms with Gasteiger partial charge in [-0.25, -0.2) is 4.98 Å². The number of nitrogens with one attached hydrogen (secondary N) is 2. The Morgan fingerprint density at radius 3 is 2.69 bits per heavy atom. The highest BCUT2D eigenvalue weighted by Gasteiger charge is 2.16. The molecule has 146 valence electrons. The Bertz CT molecular complexity index is 541. The van der Waals surface area contributed by atoms with Gasteiger partial charge in [-0.05, 0) is 44.1 Å². The normalized spacial score (nSPS) is 21.1. The number of hydrogen-bond donors (Lipinski definition) is 2. The van der Waals surface area contributed by atoms with Gasteiger partial charge in [-0.2, -0.15) is 0 Å².